The molecule has 0 atom stereocenters. The van der Waals surface area contributed by atoms with Crippen LogP contribution in [0.2, 0.25) is 0 Å². The Morgan fingerprint density at radius 2 is 2.38 bits per heavy atom. The van der Waals surface area contributed by atoms with Gasteiger partial charge in [-0.15, -0.1) is 11.3 Å². The lowest BCUT2D eigenvalue weighted by Crippen LogP contribution is -2.01. The minimum absolute atomic E-state index is 0.304. The highest BCUT2D eigenvalue weighted by Gasteiger charge is 2.17. The number of carbonyl (C=O) groups excluding carboxylic acids is 1. The molecular formula is C14H12BrN3O2S. The van der Waals surface area contributed by atoms with Crippen LogP contribution in [-0.4, -0.2) is 27.8 Å². The van der Waals surface area contributed by atoms with Crippen LogP contribution in [0.5, 0.6) is 0 Å². The summed E-state index contributed by atoms with van der Waals surface area (Å²) in [7, 11) is 1.34. The van der Waals surface area contributed by atoms with Crippen LogP contribution in [0.3, 0.4) is 0 Å². The molecule has 0 radical (unpaired) electrons. The Bertz CT molecular complexity index is 745. The minimum atomic E-state index is -0.437. The van der Waals surface area contributed by atoms with E-state index in [1.165, 1.54) is 18.4 Å². The summed E-state index contributed by atoms with van der Waals surface area (Å²) in [5.41, 5.74) is 2.17. The number of methoxy groups -OCH3 is 1. The number of halogens is 1. The van der Waals surface area contributed by atoms with E-state index < -0.39 is 5.97 Å². The van der Waals surface area contributed by atoms with Gasteiger partial charge in [0.15, 0.2) is 5.69 Å². The number of rotatable bonds is 3. The predicted octanol–water partition coefficient (Wildman–Crippen LogP) is 3.75. The maximum Gasteiger partial charge on any atom is 0.357 e. The van der Waals surface area contributed by atoms with Gasteiger partial charge in [-0.1, -0.05) is 12.2 Å². The van der Waals surface area contributed by atoms with Crippen LogP contribution in [0.4, 0.5) is 0 Å². The van der Waals surface area contributed by atoms with Crippen LogP contribution < -0.4 is 0 Å². The molecule has 0 saturated carbocycles. The molecule has 2 aromatic heterocycles. The molecule has 0 spiro atoms. The van der Waals surface area contributed by atoms with Gasteiger partial charge in [0.1, 0.15) is 10.7 Å². The lowest BCUT2D eigenvalue weighted by Gasteiger charge is -2.08. The summed E-state index contributed by atoms with van der Waals surface area (Å²) in [6.07, 6.45) is 10.1. The Labute approximate surface area is 134 Å². The fraction of sp³-hybridized carbons (Fsp3) is 0.214. The molecule has 0 bridgehead atoms. The molecule has 3 rings (SSSR count). The van der Waals surface area contributed by atoms with Gasteiger partial charge in [-0.3, -0.25) is 0 Å². The lowest BCUT2D eigenvalue weighted by molar-refractivity contribution is 0.0595. The van der Waals surface area contributed by atoms with Crippen LogP contribution in [0.15, 0.2) is 34.3 Å². The first-order valence-corrected chi connectivity index (χ1v) is 8.02. The van der Waals surface area contributed by atoms with Crippen LogP contribution in [0, 0.1) is 0 Å². The fourth-order valence-electron chi connectivity index (χ4n) is 2.01. The van der Waals surface area contributed by atoms with E-state index in [1.807, 2.05) is 17.0 Å². The second kappa shape index (κ2) is 5.95. The summed E-state index contributed by atoms with van der Waals surface area (Å²) in [6.45, 7) is 0. The van der Waals surface area contributed by atoms with Crippen molar-refractivity contribution in [2.45, 2.75) is 12.8 Å². The molecule has 0 N–H and O–H groups in total. The van der Waals surface area contributed by atoms with E-state index in [0.29, 0.717) is 10.7 Å². The van der Waals surface area contributed by atoms with Gasteiger partial charge in [0.2, 0.25) is 0 Å². The van der Waals surface area contributed by atoms with Gasteiger partial charge in [0.25, 0.3) is 0 Å². The molecule has 108 valence electrons. The summed E-state index contributed by atoms with van der Waals surface area (Å²) >= 11 is 4.88. The van der Waals surface area contributed by atoms with Crippen LogP contribution in [0.25, 0.3) is 16.4 Å². The van der Waals surface area contributed by atoms with E-state index >= 15 is 0 Å². The van der Waals surface area contributed by atoms with Crippen molar-refractivity contribution in [3.8, 4) is 10.7 Å². The van der Waals surface area contributed by atoms with Crippen molar-refractivity contribution >= 4 is 38.9 Å². The Morgan fingerprint density at radius 3 is 3.10 bits per heavy atom. The smallest absolute Gasteiger partial charge is 0.357 e. The number of carbonyl (C=O) groups is 1. The molecule has 2 heterocycles. The largest absolute Gasteiger partial charge is 0.464 e. The van der Waals surface area contributed by atoms with Gasteiger partial charge in [-0.2, -0.15) is 5.10 Å². The third-order valence-corrected chi connectivity index (χ3v) is 4.49. The summed E-state index contributed by atoms with van der Waals surface area (Å²) in [4.78, 5) is 15.7. The Kier molecular flexibility index (Phi) is 4.03. The lowest BCUT2D eigenvalue weighted by atomic mass is 10.1. The van der Waals surface area contributed by atoms with E-state index in [2.05, 4.69) is 42.9 Å². The zero-order valence-corrected chi connectivity index (χ0v) is 13.6. The van der Waals surface area contributed by atoms with E-state index in [4.69, 9.17) is 0 Å². The number of aromatic nitrogens is 3. The highest BCUT2D eigenvalue weighted by Crippen LogP contribution is 2.31. The van der Waals surface area contributed by atoms with Gasteiger partial charge < -0.3 is 4.74 Å². The van der Waals surface area contributed by atoms with E-state index in [-0.39, 0.29) is 0 Å². The van der Waals surface area contributed by atoms with Crippen molar-refractivity contribution in [3.05, 3.63) is 40.0 Å². The molecule has 1 aliphatic rings. The monoisotopic (exact) mass is 365 g/mol. The molecule has 0 unspecified atom stereocenters. The first kappa shape index (κ1) is 14.2. The highest BCUT2D eigenvalue weighted by atomic mass is 79.9. The van der Waals surface area contributed by atoms with Crippen molar-refractivity contribution in [2.24, 2.45) is 0 Å². The summed E-state index contributed by atoms with van der Waals surface area (Å²) in [5.74, 6) is -0.437. The zero-order valence-electron chi connectivity index (χ0n) is 11.2. The van der Waals surface area contributed by atoms with Crippen molar-refractivity contribution in [3.63, 3.8) is 0 Å². The number of esters is 1. The average Bonchev–Trinajstić information content (AvgIpc) is 3.14. The molecule has 0 aliphatic heterocycles. The molecule has 5 nitrogen and oxygen atoms in total. The average molecular weight is 366 g/mol. The van der Waals surface area contributed by atoms with Crippen LogP contribution >= 0.6 is 27.3 Å². The second-order valence-corrected chi connectivity index (χ2v) is 6.14. The normalized spacial score (nSPS) is 14.1. The molecule has 1 aliphatic carbocycles. The topological polar surface area (TPSA) is 57.0 Å². The van der Waals surface area contributed by atoms with E-state index in [1.54, 1.807) is 5.38 Å². The Morgan fingerprint density at radius 1 is 1.52 bits per heavy atom. The number of allylic oxidation sites excluding steroid dienone is 4. The highest BCUT2D eigenvalue weighted by molar-refractivity contribution is 9.10. The molecule has 0 saturated heterocycles. The number of ether oxygens (including phenoxy) is 1. The Balaban J connectivity index is 1.94. The standard InChI is InChI=1S/C14H12BrN3O2S/c1-20-14(19)11-8-21-13(16-11)12-10(15)7-18(17-12)9-5-3-2-4-6-9/h2-3,5,7-8H,4,6H2,1H3. The van der Waals surface area contributed by atoms with Gasteiger partial charge in [0, 0.05) is 17.3 Å². The molecular weight excluding hydrogens is 354 g/mol. The quantitative estimate of drug-likeness (QED) is 0.777. The van der Waals surface area contributed by atoms with Crippen molar-refractivity contribution in [2.75, 3.05) is 7.11 Å². The second-order valence-electron chi connectivity index (χ2n) is 4.42. The van der Waals surface area contributed by atoms with Crippen molar-refractivity contribution in [1.82, 2.24) is 14.8 Å². The van der Waals surface area contributed by atoms with Gasteiger partial charge >= 0.3 is 5.97 Å². The molecule has 0 amide bonds. The number of nitrogens with zero attached hydrogens (tertiary/aromatic N) is 3. The predicted molar refractivity (Wildman–Crippen MR) is 85.0 cm³/mol. The van der Waals surface area contributed by atoms with Gasteiger partial charge in [-0.25, -0.2) is 14.5 Å². The maximum atomic E-state index is 11.5. The van der Waals surface area contributed by atoms with Crippen molar-refractivity contribution < 1.29 is 9.53 Å². The molecule has 0 fully saturated rings. The number of thiazole rings is 1. The van der Waals surface area contributed by atoms with Gasteiger partial charge in [-0.05, 0) is 34.8 Å². The molecule has 7 heteroatoms. The number of hydrogen-bond donors (Lipinski definition) is 0. The molecule has 2 aromatic rings. The molecule has 0 aromatic carbocycles. The zero-order chi connectivity index (χ0) is 14.8. The summed E-state index contributed by atoms with van der Waals surface area (Å²) in [6, 6.07) is 0. The SMILES string of the molecule is COC(=O)c1csc(-c2nn(C3=CC=CCC3)cc2Br)n1. The van der Waals surface area contributed by atoms with E-state index in [0.717, 1.165) is 28.7 Å². The van der Waals surface area contributed by atoms with Crippen LogP contribution in [0.1, 0.15) is 23.3 Å². The van der Waals surface area contributed by atoms with Crippen molar-refractivity contribution in [1.29, 1.82) is 0 Å². The minimum Gasteiger partial charge on any atom is -0.464 e. The summed E-state index contributed by atoms with van der Waals surface area (Å²) in [5, 5.41) is 6.93. The first-order chi connectivity index (χ1) is 10.2. The third kappa shape index (κ3) is 2.84. The number of hydrogen-bond acceptors (Lipinski definition) is 5. The third-order valence-electron chi connectivity index (χ3n) is 3.06. The maximum absolute atomic E-state index is 11.5. The fourth-order valence-corrected chi connectivity index (χ4v) is 3.38. The van der Waals surface area contributed by atoms with Crippen LogP contribution in [-0.2, 0) is 4.74 Å². The summed E-state index contributed by atoms with van der Waals surface area (Å²) < 4.78 is 7.37. The van der Waals surface area contributed by atoms with E-state index in [9.17, 15) is 4.79 Å². The first-order valence-electron chi connectivity index (χ1n) is 6.34. The molecule has 21 heavy (non-hydrogen) atoms. The van der Waals surface area contributed by atoms with Gasteiger partial charge in [0.05, 0.1) is 11.6 Å². The Hall–Kier alpha value is -1.73.